The summed E-state index contributed by atoms with van der Waals surface area (Å²) in [6.45, 7) is 0.503. The Bertz CT molecular complexity index is 620. The van der Waals surface area contributed by atoms with Crippen molar-refractivity contribution in [3.05, 3.63) is 46.7 Å². The summed E-state index contributed by atoms with van der Waals surface area (Å²) < 4.78 is 1.54. The maximum Gasteiger partial charge on any atom is 0.275 e. The van der Waals surface area contributed by atoms with Crippen LogP contribution in [0.4, 0.5) is 0 Å². The summed E-state index contributed by atoms with van der Waals surface area (Å²) >= 11 is 6.23. The van der Waals surface area contributed by atoms with Gasteiger partial charge in [0.05, 0.1) is 6.54 Å². The average Bonchev–Trinajstić information content (AvgIpc) is 3.11. The fourth-order valence-corrected chi connectivity index (χ4v) is 2.84. The summed E-state index contributed by atoms with van der Waals surface area (Å²) in [4.78, 5) is 12.2. The van der Waals surface area contributed by atoms with E-state index in [1.807, 2.05) is 30.3 Å². The molecule has 110 valence electrons. The number of nitrogens with zero attached hydrogens (tertiary/aromatic N) is 3. The first-order chi connectivity index (χ1) is 10.2. The van der Waals surface area contributed by atoms with Crippen LogP contribution in [0.3, 0.4) is 0 Å². The number of rotatable bonds is 4. The Hall–Kier alpha value is -1.88. The molecule has 6 heteroatoms. The van der Waals surface area contributed by atoms with Crippen molar-refractivity contribution in [1.82, 2.24) is 20.3 Å². The summed E-state index contributed by atoms with van der Waals surface area (Å²) in [6.07, 6.45) is 4.39. The first-order valence-corrected chi connectivity index (χ1v) is 7.55. The van der Waals surface area contributed by atoms with Crippen LogP contribution in [0.1, 0.15) is 41.7 Å². The van der Waals surface area contributed by atoms with E-state index in [9.17, 15) is 4.79 Å². The molecule has 1 amide bonds. The van der Waals surface area contributed by atoms with Crippen molar-refractivity contribution in [2.75, 3.05) is 0 Å². The standard InChI is InChI=1S/C15H17ClN4O/c16-14-13(15(21)17-12-8-4-5-9-12)18-19-20(14)10-11-6-2-1-3-7-11/h1-3,6-7,12H,4-5,8-10H2,(H,17,21). The Balaban J connectivity index is 1.71. The summed E-state index contributed by atoms with van der Waals surface area (Å²) in [5.41, 5.74) is 1.27. The van der Waals surface area contributed by atoms with Gasteiger partial charge < -0.3 is 5.32 Å². The molecular formula is C15H17ClN4O. The van der Waals surface area contributed by atoms with Crippen LogP contribution in [-0.2, 0) is 6.54 Å². The lowest BCUT2D eigenvalue weighted by Crippen LogP contribution is -2.33. The molecule has 3 rings (SSSR count). The van der Waals surface area contributed by atoms with Crippen LogP contribution in [0.5, 0.6) is 0 Å². The Morgan fingerprint density at radius 1 is 1.29 bits per heavy atom. The van der Waals surface area contributed by atoms with Crippen LogP contribution in [0.25, 0.3) is 0 Å². The van der Waals surface area contributed by atoms with Gasteiger partial charge in [-0.15, -0.1) is 5.10 Å². The molecule has 1 aliphatic rings. The molecule has 0 saturated heterocycles. The molecule has 1 aromatic carbocycles. The minimum Gasteiger partial charge on any atom is -0.348 e. The van der Waals surface area contributed by atoms with Crippen molar-refractivity contribution in [3.8, 4) is 0 Å². The molecule has 1 fully saturated rings. The monoisotopic (exact) mass is 304 g/mol. The van der Waals surface area contributed by atoms with Crippen LogP contribution < -0.4 is 5.32 Å². The SMILES string of the molecule is O=C(NC1CCCC1)c1nnn(Cc2ccccc2)c1Cl. The van der Waals surface area contributed by atoms with E-state index in [1.165, 1.54) is 12.8 Å². The molecular weight excluding hydrogens is 288 g/mol. The molecule has 21 heavy (non-hydrogen) atoms. The number of carbonyl (C=O) groups is 1. The highest BCUT2D eigenvalue weighted by Crippen LogP contribution is 2.19. The predicted molar refractivity (Wildman–Crippen MR) is 80.3 cm³/mol. The maximum atomic E-state index is 12.2. The Labute approximate surface area is 128 Å². The van der Waals surface area contributed by atoms with Crippen LogP contribution in [-0.4, -0.2) is 26.9 Å². The molecule has 0 unspecified atom stereocenters. The summed E-state index contributed by atoms with van der Waals surface area (Å²) in [6, 6.07) is 10.1. The van der Waals surface area contributed by atoms with Gasteiger partial charge in [-0.2, -0.15) is 0 Å². The molecule has 1 N–H and O–H groups in total. The Morgan fingerprint density at radius 3 is 2.71 bits per heavy atom. The average molecular weight is 305 g/mol. The van der Waals surface area contributed by atoms with Gasteiger partial charge in [-0.3, -0.25) is 4.79 Å². The zero-order valence-corrected chi connectivity index (χ0v) is 12.4. The topological polar surface area (TPSA) is 59.8 Å². The van der Waals surface area contributed by atoms with E-state index in [1.54, 1.807) is 4.68 Å². The van der Waals surface area contributed by atoms with E-state index in [0.717, 1.165) is 18.4 Å². The van der Waals surface area contributed by atoms with Crippen LogP contribution >= 0.6 is 11.6 Å². The van der Waals surface area contributed by atoms with Crippen LogP contribution in [0, 0.1) is 0 Å². The smallest absolute Gasteiger partial charge is 0.275 e. The van der Waals surface area contributed by atoms with Crippen molar-refractivity contribution < 1.29 is 4.79 Å². The van der Waals surface area contributed by atoms with Gasteiger partial charge in [0.2, 0.25) is 0 Å². The molecule has 2 aromatic rings. The second kappa shape index (κ2) is 6.26. The molecule has 0 spiro atoms. The summed E-state index contributed by atoms with van der Waals surface area (Å²) in [5, 5.41) is 11.2. The minimum atomic E-state index is -0.230. The van der Waals surface area contributed by atoms with Crippen LogP contribution in [0.15, 0.2) is 30.3 Å². The lowest BCUT2D eigenvalue weighted by atomic mass is 10.2. The molecule has 1 heterocycles. The van der Waals surface area contributed by atoms with E-state index < -0.39 is 0 Å². The molecule has 0 radical (unpaired) electrons. The third-order valence-electron chi connectivity index (χ3n) is 3.76. The van der Waals surface area contributed by atoms with E-state index in [0.29, 0.717) is 6.54 Å². The molecule has 5 nitrogen and oxygen atoms in total. The number of benzene rings is 1. The van der Waals surface area contributed by atoms with Gasteiger partial charge in [0.1, 0.15) is 0 Å². The second-order valence-corrected chi connectivity index (χ2v) is 5.68. The molecule has 0 aliphatic heterocycles. The zero-order valence-electron chi connectivity index (χ0n) is 11.6. The first kappa shape index (κ1) is 14.1. The fourth-order valence-electron chi connectivity index (χ4n) is 2.62. The molecule has 0 atom stereocenters. The van der Waals surface area contributed by atoms with Crippen LogP contribution in [0.2, 0.25) is 5.15 Å². The number of nitrogens with one attached hydrogen (secondary N) is 1. The highest BCUT2D eigenvalue weighted by molar-refractivity contribution is 6.32. The number of halogens is 1. The third-order valence-corrected chi connectivity index (χ3v) is 4.13. The number of aromatic nitrogens is 3. The van der Waals surface area contributed by atoms with Gasteiger partial charge in [-0.05, 0) is 18.4 Å². The van der Waals surface area contributed by atoms with Crippen molar-refractivity contribution in [3.63, 3.8) is 0 Å². The quantitative estimate of drug-likeness (QED) is 0.944. The van der Waals surface area contributed by atoms with Crippen molar-refractivity contribution >= 4 is 17.5 Å². The normalized spacial score (nSPS) is 15.3. The highest BCUT2D eigenvalue weighted by atomic mass is 35.5. The van der Waals surface area contributed by atoms with Crippen molar-refractivity contribution in [1.29, 1.82) is 0 Å². The van der Waals surface area contributed by atoms with E-state index in [4.69, 9.17) is 11.6 Å². The van der Waals surface area contributed by atoms with Crippen molar-refractivity contribution in [2.45, 2.75) is 38.3 Å². The molecule has 1 aromatic heterocycles. The van der Waals surface area contributed by atoms with Gasteiger partial charge in [0.15, 0.2) is 10.8 Å². The van der Waals surface area contributed by atoms with Gasteiger partial charge in [-0.1, -0.05) is 60.0 Å². The molecule has 0 bridgehead atoms. The lowest BCUT2D eigenvalue weighted by molar-refractivity contribution is 0.0933. The maximum absolute atomic E-state index is 12.2. The fraction of sp³-hybridized carbons (Fsp3) is 0.400. The predicted octanol–water partition coefficient (Wildman–Crippen LogP) is 2.65. The molecule has 1 aliphatic carbocycles. The zero-order chi connectivity index (χ0) is 14.7. The summed E-state index contributed by atoms with van der Waals surface area (Å²) in [5.74, 6) is -0.230. The summed E-state index contributed by atoms with van der Waals surface area (Å²) in [7, 11) is 0. The van der Waals surface area contributed by atoms with Crippen molar-refractivity contribution in [2.24, 2.45) is 0 Å². The highest BCUT2D eigenvalue weighted by Gasteiger charge is 2.23. The Kier molecular flexibility index (Phi) is 4.20. The first-order valence-electron chi connectivity index (χ1n) is 7.18. The Morgan fingerprint density at radius 2 is 2.00 bits per heavy atom. The van der Waals surface area contributed by atoms with Gasteiger partial charge >= 0.3 is 0 Å². The second-order valence-electron chi connectivity index (χ2n) is 5.33. The number of amides is 1. The van der Waals surface area contributed by atoms with E-state index in [2.05, 4.69) is 15.6 Å². The lowest BCUT2D eigenvalue weighted by Gasteiger charge is -2.10. The van der Waals surface area contributed by atoms with Gasteiger partial charge in [-0.25, -0.2) is 4.68 Å². The van der Waals surface area contributed by atoms with E-state index >= 15 is 0 Å². The molecule has 1 saturated carbocycles. The third kappa shape index (κ3) is 3.24. The van der Waals surface area contributed by atoms with E-state index in [-0.39, 0.29) is 22.8 Å². The van der Waals surface area contributed by atoms with Gasteiger partial charge in [0.25, 0.3) is 5.91 Å². The number of hydrogen-bond acceptors (Lipinski definition) is 3. The number of hydrogen-bond donors (Lipinski definition) is 1. The largest absolute Gasteiger partial charge is 0.348 e. The number of carbonyl (C=O) groups excluding carboxylic acids is 1. The van der Waals surface area contributed by atoms with Gasteiger partial charge in [0, 0.05) is 6.04 Å². The minimum absolute atomic E-state index is 0.208.